The highest BCUT2D eigenvalue weighted by atomic mass is 35.5. The number of rotatable bonds is 6. The molecule has 2 amide bonds. The smallest absolute Gasteiger partial charge is 0.222 e. The average molecular weight is 348 g/mol. The maximum Gasteiger partial charge on any atom is 0.222 e. The molecule has 4 N–H and O–H groups in total. The van der Waals surface area contributed by atoms with E-state index in [4.69, 9.17) is 17.3 Å². The van der Waals surface area contributed by atoms with Crippen LogP contribution in [0.5, 0.6) is 0 Å². The van der Waals surface area contributed by atoms with Gasteiger partial charge in [0.1, 0.15) is 0 Å². The molecule has 0 aliphatic carbocycles. The Hall–Kier alpha value is -1.30. The molecule has 0 spiro atoms. The molecule has 1 atom stereocenters. The summed E-state index contributed by atoms with van der Waals surface area (Å²) in [7, 11) is 0. The lowest BCUT2D eigenvalue weighted by Gasteiger charge is -2.21. The molecule has 1 rings (SSSR count). The van der Waals surface area contributed by atoms with Crippen molar-refractivity contribution in [2.45, 2.75) is 38.8 Å². The van der Waals surface area contributed by atoms with E-state index in [1.54, 1.807) is 24.3 Å². The molecule has 0 aromatic heterocycles. The second kappa shape index (κ2) is 8.98. The fraction of sp³-hybridized carbons (Fsp3) is 0.467. The molecule has 0 saturated carbocycles. The van der Waals surface area contributed by atoms with Crippen LogP contribution in [0, 0.1) is 0 Å². The van der Waals surface area contributed by atoms with Crippen molar-refractivity contribution in [1.82, 2.24) is 10.6 Å². The maximum absolute atomic E-state index is 12.0. The van der Waals surface area contributed by atoms with Crippen LogP contribution >= 0.6 is 24.0 Å². The van der Waals surface area contributed by atoms with Crippen LogP contribution in [0.15, 0.2) is 24.3 Å². The number of amides is 2. The molecular formula is C15H23Cl2N3O2. The molecule has 0 fully saturated rings. The Kier molecular flexibility index (Phi) is 8.45. The first kappa shape index (κ1) is 20.7. The van der Waals surface area contributed by atoms with Crippen molar-refractivity contribution in [1.29, 1.82) is 0 Å². The Morgan fingerprint density at radius 2 is 1.82 bits per heavy atom. The number of benzene rings is 1. The van der Waals surface area contributed by atoms with Crippen molar-refractivity contribution in [3.8, 4) is 0 Å². The van der Waals surface area contributed by atoms with E-state index in [0.717, 1.165) is 5.56 Å². The van der Waals surface area contributed by atoms with E-state index >= 15 is 0 Å². The first-order valence-electron chi connectivity index (χ1n) is 6.75. The summed E-state index contributed by atoms with van der Waals surface area (Å²) >= 11 is 5.85. The van der Waals surface area contributed by atoms with E-state index in [9.17, 15) is 9.59 Å². The molecule has 0 heterocycles. The molecular weight excluding hydrogens is 325 g/mol. The van der Waals surface area contributed by atoms with E-state index in [-0.39, 0.29) is 36.7 Å². The maximum atomic E-state index is 12.0. The van der Waals surface area contributed by atoms with Gasteiger partial charge in [0.2, 0.25) is 11.8 Å². The quantitative estimate of drug-likeness (QED) is 0.737. The molecule has 0 bridgehead atoms. The second-order valence-electron chi connectivity index (χ2n) is 5.77. The third kappa shape index (κ3) is 8.22. The summed E-state index contributed by atoms with van der Waals surface area (Å²) in [5.74, 6) is -0.357. The molecule has 1 aromatic rings. The van der Waals surface area contributed by atoms with Crippen molar-refractivity contribution in [3.63, 3.8) is 0 Å². The number of nitrogens with two attached hydrogens (primary N) is 1. The van der Waals surface area contributed by atoms with Gasteiger partial charge in [0.15, 0.2) is 0 Å². The van der Waals surface area contributed by atoms with Crippen molar-refractivity contribution in [3.05, 3.63) is 34.9 Å². The zero-order valence-corrected chi connectivity index (χ0v) is 14.6. The zero-order chi connectivity index (χ0) is 16.0. The normalized spacial score (nSPS) is 12.0. The number of hydrogen-bond donors (Lipinski definition) is 3. The topological polar surface area (TPSA) is 84.2 Å². The van der Waals surface area contributed by atoms with Gasteiger partial charge >= 0.3 is 0 Å². The predicted octanol–water partition coefficient (Wildman–Crippen LogP) is 2.18. The molecule has 22 heavy (non-hydrogen) atoms. The lowest BCUT2D eigenvalue weighted by atomic mass is 10.0. The van der Waals surface area contributed by atoms with Gasteiger partial charge in [-0.1, -0.05) is 23.7 Å². The molecule has 0 aliphatic rings. The van der Waals surface area contributed by atoms with E-state index in [1.165, 1.54) is 6.92 Å². The lowest BCUT2D eigenvalue weighted by Crippen LogP contribution is -2.45. The highest BCUT2D eigenvalue weighted by molar-refractivity contribution is 6.30. The molecule has 1 unspecified atom stereocenters. The van der Waals surface area contributed by atoms with Gasteiger partial charge in [0, 0.05) is 24.0 Å². The number of hydrogen-bond acceptors (Lipinski definition) is 3. The average Bonchev–Trinajstić information content (AvgIpc) is 2.35. The van der Waals surface area contributed by atoms with Crippen LogP contribution in [-0.2, 0) is 9.59 Å². The third-order valence-corrected chi connectivity index (χ3v) is 3.03. The Labute approximate surface area is 142 Å². The monoisotopic (exact) mass is 347 g/mol. The van der Waals surface area contributed by atoms with Crippen molar-refractivity contribution in [2.75, 3.05) is 6.54 Å². The standard InChI is InChI=1S/C15H22ClN3O2.ClH/c1-10(20)19-13(11-4-6-12(16)7-5-11)8-14(21)18-9-15(2,3)17;/h4-7,13H,8-9,17H2,1-3H3,(H,18,21)(H,19,20);1H. The van der Waals surface area contributed by atoms with Gasteiger partial charge in [-0.05, 0) is 31.5 Å². The Balaban J connectivity index is 0.00000441. The fourth-order valence-corrected chi connectivity index (χ4v) is 1.90. The minimum Gasteiger partial charge on any atom is -0.354 e. The molecule has 7 heteroatoms. The summed E-state index contributed by atoms with van der Waals surface area (Å²) < 4.78 is 0. The van der Waals surface area contributed by atoms with Gasteiger partial charge in [-0.2, -0.15) is 0 Å². The van der Waals surface area contributed by atoms with Crippen LogP contribution in [0.2, 0.25) is 5.02 Å². The van der Waals surface area contributed by atoms with Crippen LogP contribution in [0.25, 0.3) is 0 Å². The first-order chi connectivity index (χ1) is 9.67. The molecule has 5 nitrogen and oxygen atoms in total. The van der Waals surface area contributed by atoms with E-state index in [2.05, 4.69) is 10.6 Å². The van der Waals surface area contributed by atoms with E-state index in [1.807, 2.05) is 13.8 Å². The first-order valence-corrected chi connectivity index (χ1v) is 7.13. The van der Waals surface area contributed by atoms with Gasteiger partial charge in [0.05, 0.1) is 12.5 Å². The van der Waals surface area contributed by atoms with Crippen LogP contribution < -0.4 is 16.4 Å². The Bertz CT molecular complexity index is 499. The Morgan fingerprint density at radius 3 is 2.27 bits per heavy atom. The summed E-state index contributed by atoms with van der Waals surface area (Å²) in [5, 5.41) is 6.14. The second-order valence-corrected chi connectivity index (χ2v) is 6.21. The van der Waals surface area contributed by atoms with Gasteiger partial charge in [-0.3, -0.25) is 9.59 Å². The summed E-state index contributed by atoms with van der Waals surface area (Å²) in [6, 6.07) is 6.66. The van der Waals surface area contributed by atoms with Crippen LogP contribution in [0.1, 0.15) is 38.8 Å². The minimum atomic E-state index is -0.473. The highest BCUT2D eigenvalue weighted by Gasteiger charge is 2.18. The number of nitrogens with one attached hydrogen (secondary N) is 2. The molecule has 0 aliphatic heterocycles. The lowest BCUT2D eigenvalue weighted by molar-refractivity contribution is -0.123. The summed E-state index contributed by atoms with van der Waals surface area (Å²) in [6.45, 7) is 5.46. The van der Waals surface area contributed by atoms with Crippen LogP contribution in [-0.4, -0.2) is 23.9 Å². The van der Waals surface area contributed by atoms with Crippen molar-refractivity contribution in [2.24, 2.45) is 5.73 Å². The molecule has 0 radical (unpaired) electrons. The molecule has 0 saturated heterocycles. The highest BCUT2D eigenvalue weighted by Crippen LogP contribution is 2.19. The van der Waals surface area contributed by atoms with Gasteiger partial charge in [-0.25, -0.2) is 0 Å². The van der Waals surface area contributed by atoms with Gasteiger partial charge in [0.25, 0.3) is 0 Å². The van der Waals surface area contributed by atoms with Crippen molar-refractivity contribution >= 4 is 35.8 Å². The van der Waals surface area contributed by atoms with E-state index in [0.29, 0.717) is 11.6 Å². The van der Waals surface area contributed by atoms with E-state index < -0.39 is 5.54 Å². The van der Waals surface area contributed by atoms with Gasteiger partial charge in [-0.15, -0.1) is 12.4 Å². The zero-order valence-electron chi connectivity index (χ0n) is 13.0. The summed E-state index contributed by atoms with van der Waals surface area (Å²) in [5.41, 5.74) is 6.18. The third-order valence-electron chi connectivity index (χ3n) is 2.78. The largest absolute Gasteiger partial charge is 0.354 e. The number of halogens is 2. The summed E-state index contributed by atoms with van der Waals surface area (Å²) in [4.78, 5) is 23.3. The van der Waals surface area contributed by atoms with Crippen LogP contribution in [0.3, 0.4) is 0 Å². The SMILES string of the molecule is CC(=O)NC(CC(=O)NCC(C)(C)N)c1ccc(Cl)cc1.Cl. The molecule has 1 aromatic carbocycles. The van der Waals surface area contributed by atoms with Crippen molar-refractivity contribution < 1.29 is 9.59 Å². The minimum absolute atomic E-state index is 0. The fourth-order valence-electron chi connectivity index (χ4n) is 1.78. The number of carbonyl (C=O) groups excluding carboxylic acids is 2. The number of carbonyl (C=O) groups is 2. The summed E-state index contributed by atoms with van der Waals surface area (Å²) in [6.07, 6.45) is 0.150. The van der Waals surface area contributed by atoms with Crippen LogP contribution in [0.4, 0.5) is 0 Å². The predicted molar refractivity (Wildman–Crippen MR) is 91.2 cm³/mol. The molecule has 124 valence electrons. The Morgan fingerprint density at radius 1 is 1.27 bits per heavy atom. The van der Waals surface area contributed by atoms with Gasteiger partial charge < -0.3 is 16.4 Å².